The number of carbonyl (C=O) groups excluding carboxylic acids is 1. The van der Waals surface area contributed by atoms with Gasteiger partial charge in [-0.3, -0.25) is 14.8 Å². The number of aliphatic hydroxyl groups is 1. The molecule has 0 aromatic carbocycles. The van der Waals surface area contributed by atoms with E-state index in [4.69, 9.17) is 0 Å². The fourth-order valence-electron chi connectivity index (χ4n) is 3.01. The molecule has 0 radical (unpaired) electrons. The first-order valence-electron chi connectivity index (χ1n) is 7.43. The third kappa shape index (κ3) is 2.72. The molecule has 1 aliphatic heterocycles. The summed E-state index contributed by atoms with van der Waals surface area (Å²) in [7, 11) is 0. The molecule has 0 saturated carbocycles. The van der Waals surface area contributed by atoms with Gasteiger partial charge in [0.05, 0.1) is 0 Å². The average Bonchev–Trinajstić information content (AvgIpc) is 3.00. The first-order valence-corrected chi connectivity index (χ1v) is 7.43. The second-order valence-corrected chi connectivity index (χ2v) is 5.68. The summed E-state index contributed by atoms with van der Waals surface area (Å²) in [6.45, 7) is 3.03. The fourth-order valence-corrected chi connectivity index (χ4v) is 3.01. The number of aromatic nitrogens is 2. The molecule has 0 aliphatic carbocycles. The van der Waals surface area contributed by atoms with E-state index in [1.54, 1.807) is 17.3 Å². The molecule has 1 amide bonds. The minimum absolute atomic E-state index is 0.0165. The Labute approximate surface area is 129 Å². The van der Waals surface area contributed by atoms with Crippen LogP contribution >= 0.6 is 0 Å². The van der Waals surface area contributed by atoms with E-state index in [-0.39, 0.29) is 24.3 Å². The lowest BCUT2D eigenvalue weighted by molar-refractivity contribution is 0.0774. The van der Waals surface area contributed by atoms with E-state index >= 15 is 0 Å². The maximum absolute atomic E-state index is 12.7. The highest BCUT2D eigenvalue weighted by Gasteiger charge is 2.37. The number of hydrogen-bond donors (Lipinski definition) is 1. The molecule has 114 valence electrons. The summed E-state index contributed by atoms with van der Waals surface area (Å²) in [5.74, 6) is 0.0111. The van der Waals surface area contributed by atoms with Crippen LogP contribution in [0, 0.1) is 12.8 Å². The number of pyridine rings is 2. The highest BCUT2D eigenvalue weighted by molar-refractivity contribution is 5.93. The molecule has 1 N–H and O–H groups in total. The SMILES string of the molecule is Cc1cccnc1C(=O)N1C[C@@H](CO)[C@H](c2ccccn2)C1. The topological polar surface area (TPSA) is 66.3 Å². The van der Waals surface area contributed by atoms with Crippen molar-refractivity contribution in [3.05, 3.63) is 59.7 Å². The number of nitrogens with zero attached hydrogens (tertiary/aromatic N) is 3. The number of amides is 1. The van der Waals surface area contributed by atoms with Crippen LogP contribution in [-0.4, -0.2) is 45.6 Å². The normalized spacial score (nSPS) is 21.1. The van der Waals surface area contributed by atoms with Crippen LogP contribution in [0.3, 0.4) is 0 Å². The van der Waals surface area contributed by atoms with Crippen molar-refractivity contribution in [1.82, 2.24) is 14.9 Å². The van der Waals surface area contributed by atoms with Crippen LogP contribution in [-0.2, 0) is 0 Å². The van der Waals surface area contributed by atoms with Gasteiger partial charge in [-0.25, -0.2) is 0 Å². The number of hydrogen-bond acceptors (Lipinski definition) is 4. The Bertz CT molecular complexity index is 660. The maximum Gasteiger partial charge on any atom is 0.272 e. The molecule has 1 saturated heterocycles. The van der Waals surface area contributed by atoms with Crippen molar-refractivity contribution >= 4 is 5.91 Å². The predicted molar refractivity (Wildman–Crippen MR) is 82.4 cm³/mol. The van der Waals surface area contributed by atoms with Gasteiger partial charge in [-0.15, -0.1) is 0 Å². The van der Waals surface area contributed by atoms with Gasteiger partial charge in [0.2, 0.25) is 0 Å². The lowest BCUT2D eigenvalue weighted by Crippen LogP contribution is -2.30. The molecule has 0 spiro atoms. The number of rotatable bonds is 3. The van der Waals surface area contributed by atoms with E-state index < -0.39 is 0 Å². The van der Waals surface area contributed by atoms with Gasteiger partial charge in [0, 0.05) is 49.6 Å². The Kier molecular flexibility index (Phi) is 4.15. The van der Waals surface area contributed by atoms with Crippen molar-refractivity contribution in [2.75, 3.05) is 19.7 Å². The Morgan fingerprint density at radius 2 is 2.05 bits per heavy atom. The molecular formula is C17H19N3O2. The highest BCUT2D eigenvalue weighted by Crippen LogP contribution is 2.32. The monoisotopic (exact) mass is 297 g/mol. The molecule has 2 aromatic heterocycles. The van der Waals surface area contributed by atoms with Gasteiger partial charge >= 0.3 is 0 Å². The lowest BCUT2D eigenvalue weighted by Gasteiger charge is -2.16. The van der Waals surface area contributed by atoms with Gasteiger partial charge < -0.3 is 10.0 Å². The summed E-state index contributed by atoms with van der Waals surface area (Å²) in [6.07, 6.45) is 3.38. The van der Waals surface area contributed by atoms with Crippen molar-refractivity contribution in [1.29, 1.82) is 0 Å². The molecule has 2 aromatic rings. The Morgan fingerprint density at radius 1 is 1.23 bits per heavy atom. The fraction of sp³-hybridized carbons (Fsp3) is 0.353. The molecule has 2 atom stereocenters. The third-order valence-electron chi connectivity index (χ3n) is 4.24. The Hall–Kier alpha value is -2.27. The van der Waals surface area contributed by atoms with Gasteiger partial charge in [-0.1, -0.05) is 12.1 Å². The zero-order valence-electron chi connectivity index (χ0n) is 12.5. The van der Waals surface area contributed by atoms with E-state index in [9.17, 15) is 9.90 Å². The number of carbonyl (C=O) groups is 1. The molecule has 5 nitrogen and oxygen atoms in total. The van der Waals surface area contributed by atoms with Crippen molar-refractivity contribution in [3.63, 3.8) is 0 Å². The van der Waals surface area contributed by atoms with Crippen LogP contribution in [0.25, 0.3) is 0 Å². The largest absolute Gasteiger partial charge is 0.396 e. The van der Waals surface area contributed by atoms with Crippen LogP contribution in [0.2, 0.25) is 0 Å². The molecular weight excluding hydrogens is 278 g/mol. The van der Waals surface area contributed by atoms with Crippen LogP contribution in [0.4, 0.5) is 0 Å². The number of likely N-dealkylation sites (tertiary alicyclic amines) is 1. The Balaban J connectivity index is 1.83. The summed E-state index contributed by atoms with van der Waals surface area (Å²) in [5.41, 5.74) is 2.28. The number of aliphatic hydroxyl groups excluding tert-OH is 1. The van der Waals surface area contributed by atoms with Gasteiger partial charge in [-0.05, 0) is 30.7 Å². The van der Waals surface area contributed by atoms with Gasteiger partial charge in [0.1, 0.15) is 5.69 Å². The molecule has 3 rings (SSSR count). The number of aryl methyl sites for hydroxylation is 1. The molecule has 5 heteroatoms. The third-order valence-corrected chi connectivity index (χ3v) is 4.24. The molecule has 1 fully saturated rings. The van der Waals surface area contributed by atoms with E-state index in [0.29, 0.717) is 18.8 Å². The minimum Gasteiger partial charge on any atom is -0.396 e. The molecule has 1 aliphatic rings. The summed E-state index contributed by atoms with van der Waals surface area (Å²) < 4.78 is 0. The minimum atomic E-state index is -0.0741. The van der Waals surface area contributed by atoms with Gasteiger partial charge in [0.25, 0.3) is 5.91 Å². The van der Waals surface area contributed by atoms with Crippen molar-refractivity contribution < 1.29 is 9.90 Å². The van der Waals surface area contributed by atoms with E-state index in [1.807, 2.05) is 37.3 Å². The lowest BCUT2D eigenvalue weighted by atomic mass is 9.93. The zero-order valence-corrected chi connectivity index (χ0v) is 12.5. The maximum atomic E-state index is 12.7. The molecule has 22 heavy (non-hydrogen) atoms. The van der Waals surface area contributed by atoms with E-state index in [1.165, 1.54) is 0 Å². The summed E-state index contributed by atoms with van der Waals surface area (Å²) >= 11 is 0. The molecule has 0 bridgehead atoms. The van der Waals surface area contributed by atoms with Crippen LogP contribution in [0.5, 0.6) is 0 Å². The average molecular weight is 297 g/mol. The van der Waals surface area contributed by atoms with Crippen LogP contribution < -0.4 is 0 Å². The van der Waals surface area contributed by atoms with Crippen molar-refractivity contribution in [3.8, 4) is 0 Å². The second kappa shape index (κ2) is 6.23. The summed E-state index contributed by atoms with van der Waals surface area (Å²) in [5, 5.41) is 9.64. The van der Waals surface area contributed by atoms with Crippen LogP contribution in [0.1, 0.15) is 27.7 Å². The highest BCUT2D eigenvalue weighted by atomic mass is 16.3. The molecule has 3 heterocycles. The first-order chi connectivity index (χ1) is 10.7. The standard InChI is InChI=1S/C17H19N3O2/c1-12-5-4-8-19-16(12)17(22)20-9-13(11-21)14(10-20)15-6-2-3-7-18-15/h2-8,13-14,21H,9-11H2,1H3/t13-,14+/m0/s1. The van der Waals surface area contributed by atoms with Crippen molar-refractivity contribution in [2.24, 2.45) is 5.92 Å². The van der Waals surface area contributed by atoms with Crippen LogP contribution in [0.15, 0.2) is 42.7 Å². The van der Waals surface area contributed by atoms with E-state index in [2.05, 4.69) is 9.97 Å². The first kappa shape index (κ1) is 14.7. The smallest absolute Gasteiger partial charge is 0.272 e. The second-order valence-electron chi connectivity index (χ2n) is 5.68. The van der Waals surface area contributed by atoms with Gasteiger partial charge in [0.15, 0.2) is 0 Å². The summed E-state index contributed by atoms with van der Waals surface area (Å²) in [6, 6.07) is 9.46. The van der Waals surface area contributed by atoms with E-state index in [0.717, 1.165) is 11.3 Å². The summed E-state index contributed by atoms with van der Waals surface area (Å²) in [4.78, 5) is 23.0. The quantitative estimate of drug-likeness (QED) is 0.935. The van der Waals surface area contributed by atoms with Crippen molar-refractivity contribution in [2.45, 2.75) is 12.8 Å². The predicted octanol–water partition coefficient (Wildman–Crippen LogP) is 1.63. The Morgan fingerprint density at radius 3 is 2.73 bits per heavy atom. The molecule has 0 unspecified atom stereocenters. The van der Waals surface area contributed by atoms with Gasteiger partial charge in [-0.2, -0.15) is 0 Å². The zero-order chi connectivity index (χ0) is 15.5.